The lowest BCUT2D eigenvalue weighted by atomic mass is 10.3. The Morgan fingerprint density at radius 1 is 1.46 bits per heavy atom. The molecular formula is C8H7Cl2NO2. The van der Waals surface area contributed by atoms with E-state index in [1.165, 1.54) is 0 Å². The Balaban J connectivity index is 2.75. The van der Waals surface area contributed by atoms with Crippen molar-refractivity contribution in [2.45, 2.75) is 0 Å². The molecule has 0 spiro atoms. The van der Waals surface area contributed by atoms with Crippen molar-refractivity contribution in [3.8, 4) is 0 Å². The van der Waals surface area contributed by atoms with Gasteiger partial charge in [-0.1, -0.05) is 23.2 Å². The molecule has 3 nitrogen and oxygen atoms in total. The minimum Gasteiger partial charge on any atom is -0.480 e. The third-order valence-electron chi connectivity index (χ3n) is 1.36. The fourth-order valence-electron chi connectivity index (χ4n) is 0.804. The molecule has 0 heterocycles. The molecule has 13 heavy (non-hydrogen) atoms. The fraction of sp³-hybridized carbons (Fsp3) is 0.125. The van der Waals surface area contributed by atoms with E-state index in [0.29, 0.717) is 15.7 Å². The number of aliphatic carboxylic acids is 1. The van der Waals surface area contributed by atoms with Crippen LogP contribution in [0.5, 0.6) is 0 Å². The first-order chi connectivity index (χ1) is 6.09. The van der Waals surface area contributed by atoms with Crippen LogP contribution in [-0.2, 0) is 4.79 Å². The van der Waals surface area contributed by atoms with Crippen LogP contribution in [0.2, 0.25) is 10.0 Å². The monoisotopic (exact) mass is 219 g/mol. The number of hydrogen-bond acceptors (Lipinski definition) is 2. The lowest BCUT2D eigenvalue weighted by molar-refractivity contribution is -0.134. The van der Waals surface area contributed by atoms with Crippen LogP contribution in [0.4, 0.5) is 5.69 Å². The summed E-state index contributed by atoms with van der Waals surface area (Å²) in [4.78, 5) is 10.2. The summed E-state index contributed by atoms with van der Waals surface area (Å²) in [7, 11) is 0. The van der Waals surface area contributed by atoms with Gasteiger partial charge in [0.15, 0.2) is 0 Å². The summed E-state index contributed by atoms with van der Waals surface area (Å²) in [6.07, 6.45) is 0. The van der Waals surface area contributed by atoms with E-state index >= 15 is 0 Å². The van der Waals surface area contributed by atoms with E-state index in [1.54, 1.807) is 18.2 Å². The second-order valence-electron chi connectivity index (χ2n) is 2.37. The zero-order valence-electron chi connectivity index (χ0n) is 6.55. The molecule has 0 amide bonds. The summed E-state index contributed by atoms with van der Waals surface area (Å²) >= 11 is 11.5. The van der Waals surface area contributed by atoms with Crippen molar-refractivity contribution in [1.82, 2.24) is 0 Å². The van der Waals surface area contributed by atoms with Crippen molar-refractivity contribution in [2.75, 3.05) is 11.9 Å². The zero-order valence-corrected chi connectivity index (χ0v) is 8.06. The summed E-state index contributed by atoms with van der Waals surface area (Å²) in [5.41, 5.74) is 0.525. The van der Waals surface area contributed by atoms with Crippen LogP contribution in [-0.4, -0.2) is 17.6 Å². The molecule has 0 bridgehead atoms. The number of carboxylic acids is 1. The molecule has 0 radical (unpaired) electrons. The summed E-state index contributed by atoms with van der Waals surface area (Å²) in [6.45, 7) is -0.180. The highest BCUT2D eigenvalue weighted by Gasteiger charge is 2.02. The van der Waals surface area contributed by atoms with Crippen molar-refractivity contribution in [3.05, 3.63) is 28.2 Å². The van der Waals surface area contributed by atoms with E-state index in [4.69, 9.17) is 28.3 Å². The first kappa shape index (κ1) is 10.2. The van der Waals surface area contributed by atoms with Gasteiger partial charge in [0.25, 0.3) is 0 Å². The summed E-state index contributed by atoms with van der Waals surface area (Å²) in [5, 5.41) is 12.0. The first-order valence-electron chi connectivity index (χ1n) is 3.50. The van der Waals surface area contributed by atoms with Gasteiger partial charge in [-0.15, -0.1) is 0 Å². The summed E-state index contributed by atoms with van der Waals surface area (Å²) in [5.74, 6) is -0.948. The van der Waals surface area contributed by atoms with Gasteiger partial charge in [0, 0.05) is 5.02 Å². The van der Waals surface area contributed by atoms with Gasteiger partial charge in [-0.2, -0.15) is 0 Å². The van der Waals surface area contributed by atoms with Crippen LogP contribution in [0.1, 0.15) is 0 Å². The highest BCUT2D eigenvalue weighted by Crippen LogP contribution is 2.24. The Morgan fingerprint density at radius 3 is 2.77 bits per heavy atom. The van der Waals surface area contributed by atoms with Gasteiger partial charge in [-0.25, -0.2) is 0 Å². The van der Waals surface area contributed by atoms with Crippen molar-refractivity contribution < 1.29 is 9.90 Å². The molecule has 0 unspecified atom stereocenters. The Labute approximate surface area is 85.3 Å². The smallest absolute Gasteiger partial charge is 0.322 e. The largest absolute Gasteiger partial charge is 0.480 e. The summed E-state index contributed by atoms with van der Waals surface area (Å²) < 4.78 is 0. The van der Waals surface area contributed by atoms with Crippen molar-refractivity contribution in [1.29, 1.82) is 0 Å². The molecule has 70 valence electrons. The number of anilines is 1. The van der Waals surface area contributed by atoms with Crippen LogP contribution >= 0.6 is 23.2 Å². The quantitative estimate of drug-likeness (QED) is 0.822. The molecular weight excluding hydrogens is 213 g/mol. The van der Waals surface area contributed by atoms with Crippen LogP contribution in [0.3, 0.4) is 0 Å². The average molecular weight is 220 g/mol. The minimum absolute atomic E-state index is 0.180. The van der Waals surface area contributed by atoms with Crippen LogP contribution in [0.25, 0.3) is 0 Å². The first-order valence-corrected chi connectivity index (χ1v) is 4.26. The number of nitrogens with one attached hydrogen (secondary N) is 1. The maximum absolute atomic E-state index is 10.2. The maximum atomic E-state index is 10.2. The molecule has 0 fully saturated rings. The van der Waals surface area contributed by atoms with E-state index in [2.05, 4.69) is 5.32 Å². The number of carbonyl (C=O) groups is 1. The molecule has 0 saturated heterocycles. The van der Waals surface area contributed by atoms with E-state index in [0.717, 1.165) is 0 Å². The Morgan fingerprint density at radius 2 is 2.15 bits per heavy atom. The predicted molar refractivity (Wildman–Crippen MR) is 52.6 cm³/mol. The highest BCUT2D eigenvalue weighted by molar-refractivity contribution is 6.35. The number of hydrogen-bond donors (Lipinski definition) is 2. The van der Waals surface area contributed by atoms with Gasteiger partial charge < -0.3 is 10.4 Å². The number of carboxylic acid groups (broad SMARTS) is 1. The van der Waals surface area contributed by atoms with Crippen LogP contribution in [0, 0.1) is 0 Å². The maximum Gasteiger partial charge on any atom is 0.322 e. The molecule has 0 aliphatic heterocycles. The zero-order chi connectivity index (χ0) is 9.84. The molecule has 0 aliphatic carbocycles. The van der Waals surface area contributed by atoms with Gasteiger partial charge in [0.2, 0.25) is 0 Å². The van der Waals surface area contributed by atoms with Gasteiger partial charge in [-0.3, -0.25) is 4.79 Å². The topological polar surface area (TPSA) is 49.3 Å². The second kappa shape index (κ2) is 4.35. The van der Waals surface area contributed by atoms with Crippen LogP contribution < -0.4 is 5.32 Å². The van der Waals surface area contributed by atoms with E-state index < -0.39 is 5.97 Å². The normalized spacial score (nSPS) is 9.69. The highest BCUT2D eigenvalue weighted by atomic mass is 35.5. The van der Waals surface area contributed by atoms with E-state index in [1.807, 2.05) is 0 Å². The third kappa shape index (κ3) is 3.13. The van der Waals surface area contributed by atoms with Gasteiger partial charge in [0.1, 0.15) is 6.54 Å². The summed E-state index contributed by atoms with van der Waals surface area (Å²) in [6, 6.07) is 4.82. The Bertz CT molecular complexity index is 328. The Hall–Kier alpha value is -0.930. The lowest BCUT2D eigenvalue weighted by Gasteiger charge is -2.05. The minimum atomic E-state index is -0.948. The number of halogens is 2. The van der Waals surface area contributed by atoms with E-state index in [9.17, 15) is 4.79 Å². The van der Waals surface area contributed by atoms with Crippen molar-refractivity contribution in [3.63, 3.8) is 0 Å². The van der Waals surface area contributed by atoms with Crippen LogP contribution in [0.15, 0.2) is 18.2 Å². The van der Waals surface area contributed by atoms with E-state index in [-0.39, 0.29) is 6.54 Å². The lowest BCUT2D eigenvalue weighted by Crippen LogP contribution is -2.12. The fourth-order valence-corrected chi connectivity index (χ4v) is 1.16. The molecule has 1 aromatic rings. The van der Waals surface area contributed by atoms with Crippen molar-refractivity contribution in [2.24, 2.45) is 0 Å². The van der Waals surface area contributed by atoms with Crippen molar-refractivity contribution >= 4 is 34.9 Å². The van der Waals surface area contributed by atoms with Gasteiger partial charge in [0.05, 0.1) is 10.7 Å². The molecule has 0 aliphatic rings. The number of benzene rings is 1. The molecule has 1 rings (SSSR count). The average Bonchev–Trinajstić information content (AvgIpc) is 2.06. The molecule has 2 N–H and O–H groups in total. The SMILES string of the molecule is O=C(O)CNc1cc(Cl)ccc1Cl. The third-order valence-corrected chi connectivity index (χ3v) is 1.92. The molecule has 1 aromatic carbocycles. The second-order valence-corrected chi connectivity index (χ2v) is 3.22. The molecule has 0 saturated carbocycles. The molecule has 0 aromatic heterocycles. The number of rotatable bonds is 3. The molecule has 0 atom stereocenters. The Kier molecular flexibility index (Phi) is 3.39. The molecule has 5 heteroatoms. The standard InChI is InChI=1S/C8H7Cl2NO2/c9-5-1-2-6(10)7(3-5)11-4-8(12)13/h1-3,11H,4H2,(H,12,13). The van der Waals surface area contributed by atoms with Gasteiger partial charge >= 0.3 is 5.97 Å². The predicted octanol–water partition coefficient (Wildman–Crippen LogP) is 2.49. The van der Waals surface area contributed by atoms with Gasteiger partial charge in [-0.05, 0) is 18.2 Å².